The molecule has 0 aromatic heterocycles. The summed E-state index contributed by atoms with van der Waals surface area (Å²) in [5.41, 5.74) is 1.78. The first-order chi connectivity index (χ1) is 9.76. The van der Waals surface area contributed by atoms with Crippen molar-refractivity contribution in [1.29, 1.82) is 0 Å². The first-order valence-electron chi connectivity index (χ1n) is 6.99. The van der Waals surface area contributed by atoms with Gasteiger partial charge in [-0.3, -0.25) is 0 Å². The fraction of sp³-hybridized carbons (Fsp3) is 0.571. The molecule has 1 fully saturated rings. The van der Waals surface area contributed by atoms with Crippen LogP contribution in [0, 0.1) is 12.8 Å². The van der Waals surface area contributed by atoms with Gasteiger partial charge in [0.1, 0.15) is 0 Å². The molecule has 1 aromatic carbocycles. The molecule has 0 spiro atoms. The van der Waals surface area contributed by atoms with Gasteiger partial charge in [0.25, 0.3) is 0 Å². The van der Waals surface area contributed by atoms with Crippen molar-refractivity contribution >= 4 is 19.9 Å². The average Bonchev–Trinajstić information content (AvgIpc) is 2.68. The Morgan fingerprint density at radius 2 is 2.10 bits per heavy atom. The van der Waals surface area contributed by atoms with E-state index < -0.39 is 19.9 Å². The Morgan fingerprint density at radius 3 is 2.71 bits per heavy atom. The lowest BCUT2D eigenvalue weighted by Gasteiger charge is -2.10. The predicted octanol–water partition coefficient (Wildman–Crippen LogP) is 1.24. The van der Waals surface area contributed by atoms with Gasteiger partial charge in [-0.1, -0.05) is 29.8 Å². The summed E-state index contributed by atoms with van der Waals surface area (Å²) in [6, 6.07) is 7.40. The van der Waals surface area contributed by atoms with Crippen LogP contribution in [0.1, 0.15) is 24.0 Å². The van der Waals surface area contributed by atoms with Crippen LogP contribution in [0.25, 0.3) is 0 Å². The molecule has 21 heavy (non-hydrogen) atoms. The Bertz CT molecular complexity index is 695. The highest BCUT2D eigenvalue weighted by Gasteiger charge is 2.27. The lowest BCUT2D eigenvalue weighted by molar-refractivity contribution is 0.527. The lowest BCUT2D eigenvalue weighted by Crippen LogP contribution is -2.27. The maximum absolute atomic E-state index is 12.0. The van der Waals surface area contributed by atoms with Crippen molar-refractivity contribution in [1.82, 2.24) is 4.72 Å². The minimum atomic E-state index is -3.37. The van der Waals surface area contributed by atoms with Gasteiger partial charge >= 0.3 is 0 Å². The minimum absolute atomic E-state index is 0.0440. The van der Waals surface area contributed by atoms with E-state index in [1.165, 1.54) is 0 Å². The zero-order valence-electron chi connectivity index (χ0n) is 12.1. The topological polar surface area (TPSA) is 80.3 Å². The van der Waals surface area contributed by atoms with Crippen molar-refractivity contribution < 1.29 is 16.8 Å². The highest BCUT2D eigenvalue weighted by molar-refractivity contribution is 7.91. The molecule has 1 aliphatic rings. The molecule has 1 aliphatic heterocycles. The van der Waals surface area contributed by atoms with Crippen LogP contribution >= 0.6 is 0 Å². The third-order valence-corrected chi connectivity index (χ3v) is 6.83. The van der Waals surface area contributed by atoms with Gasteiger partial charge in [0.15, 0.2) is 9.84 Å². The Kier molecular flexibility index (Phi) is 5.06. The van der Waals surface area contributed by atoms with E-state index in [2.05, 4.69) is 4.72 Å². The molecule has 7 heteroatoms. The number of sulfonamides is 1. The molecule has 118 valence electrons. The molecule has 0 amide bonds. The normalized spacial score (nSPS) is 21.5. The molecule has 0 aliphatic carbocycles. The van der Waals surface area contributed by atoms with Crippen molar-refractivity contribution in [3.8, 4) is 0 Å². The molecule has 2 rings (SSSR count). The molecule has 1 saturated heterocycles. The molecule has 5 nitrogen and oxygen atoms in total. The van der Waals surface area contributed by atoms with Gasteiger partial charge in [-0.25, -0.2) is 21.6 Å². The first kappa shape index (κ1) is 16.5. The van der Waals surface area contributed by atoms with Crippen LogP contribution in [0.3, 0.4) is 0 Å². The van der Waals surface area contributed by atoms with E-state index in [0.29, 0.717) is 19.4 Å². The van der Waals surface area contributed by atoms with Crippen LogP contribution in [0.4, 0.5) is 0 Å². The quantitative estimate of drug-likeness (QED) is 0.850. The highest BCUT2D eigenvalue weighted by Crippen LogP contribution is 2.21. The van der Waals surface area contributed by atoms with E-state index in [0.717, 1.165) is 11.1 Å². The van der Waals surface area contributed by atoms with Crippen LogP contribution in [0.5, 0.6) is 0 Å². The first-order valence-corrected chi connectivity index (χ1v) is 10.5. The molecular weight excluding hydrogens is 310 g/mol. The SMILES string of the molecule is Cc1cccc(CS(=O)(=O)NCCC2CCS(=O)(=O)C2)c1. The number of rotatable bonds is 6. The van der Waals surface area contributed by atoms with Crippen molar-refractivity contribution in [2.75, 3.05) is 18.1 Å². The number of nitrogens with one attached hydrogen (secondary N) is 1. The molecular formula is C14H21NO4S2. The standard InChI is InChI=1S/C14H21NO4S2/c1-12-3-2-4-14(9-12)11-21(18,19)15-7-5-13-6-8-20(16,17)10-13/h2-4,9,13,15H,5-8,10-11H2,1H3. The van der Waals surface area contributed by atoms with Gasteiger partial charge < -0.3 is 0 Å². The summed E-state index contributed by atoms with van der Waals surface area (Å²) in [7, 11) is -6.26. The Labute approximate surface area is 126 Å². The molecule has 1 unspecified atom stereocenters. The number of aryl methyl sites for hydroxylation is 1. The zero-order valence-corrected chi connectivity index (χ0v) is 13.7. The maximum atomic E-state index is 12.0. The van der Waals surface area contributed by atoms with E-state index in [1.807, 2.05) is 25.1 Å². The third kappa shape index (κ3) is 5.41. The Hall–Kier alpha value is -0.920. The molecule has 0 bridgehead atoms. The van der Waals surface area contributed by atoms with Crippen LogP contribution in [0.15, 0.2) is 24.3 Å². The number of hydrogen-bond donors (Lipinski definition) is 1. The molecule has 1 heterocycles. The Morgan fingerprint density at radius 1 is 1.33 bits per heavy atom. The van der Waals surface area contributed by atoms with Gasteiger partial charge in [-0.2, -0.15) is 0 Å². The van der Waals surface area contributed by atoms with Crippen molar-refractivity contribution in [2.45, 2.75) is 25.5 Å². The molecule has 0 radical (unpaired) electrons. The van der Waals surface area contributed by atoms with E-state index in [9.17, 15) is 16.8 Å². The van der Waals surface area contributed by atoms with Gasteiger partial charge in [0.05, 0.1) is 17.3 Å². The summed E-state index contributed by atoms with van der Waals surface area (Å²) >= 11 is 0. The molecule has 1 N–H and O–H groups in total. The molecule has 0 saturated carbocycles. The van der Waals surface area contributed by atoms with Crippen LogP contribution < -0.4 is 4.72 Å². The summed E-state index contributed by atoms with van der Waals surface area (Å²) in [6.07, 6.45) is 1.22. The zero-order chi connectivity index (χ0) is 15.5. The average molecular weight is 331 g/mol. The van der Waals surface area contributed by atoms with E-state index >= 15 is 0 Å². The largest absolute Gasteiger partial charge is 0.229 e. The van der Waals surface area contributed by atoms with Crippen molar-refractivity contribution in [3.63, 3.8) is 0 Å². The van der Waals surface area contributed by atoms with E-state index in [4.69, 9.17) is 0 Å². The van der Waals surface area contributed by atoms with Gasteiger partial charge in [0.2, 0.25) is 10.0 Å². The monoisotopic (exact) mass is 331 g/mol. The van der Waals surface area contributed by atoms with E-state index in [-0.39, 0.29) is 23.2 Å². The van der Waals surface area contributed by atoms with Gasteiger partial charge in [0, 0.05) is 6.54 Å². The summed E-state index contributed by atoms with van der Waals surface area (Å²) in [5.74, 6) is 0.453. The summed E-state index contributed by atoms with van der Waals surface area (Å²) in [5, 5.41) is 0. The summed E-state index contributed by atoms with van der Waals surface area (Å²) < 4.78 is 49.2. The summed E-state index contributed by atoms with van der Waals surface area (Å²) in [4.78, 5) is 0. The minimum Gasteiger partial charge on any atom is -0.229 e. The van der Waals surface area contributed by atoms with Crippen LogP contribution in [-0.2, 0) is 25.6 Å². The predicted molar refractivity (Wildman–Crippen MR) is 83.2 cm³/mol. The second-order valence-corrected chi connectivity index (χ2v) is 9.74. The molecule has 1 atom stereocenters. The fourth-order valence-electron chi connectivity index (χ4n) is 2.59. The van der Waals surface area contributed by atoms with Crippen molar-refractivity contribution in [2.24, 2.45) is 5.92 Å². The fourth-order valence-corrected chi connectivity index (χ4v) is 5.65. The second-order valence-electron chi connectivity index (χ2n) is 5.70. The number of sulfone groups is 1. The maximum Gasteiger partial charge on any atom is 0.215 e. The Balaban J connectivity index is 1.82. The third-order valence-electron chi connectivity index (χ3n) is 3.64. The van der Waals surface area contributed by atoms with Crippen LogP contribution in [0.2, 0.25) is 0 Å². The smallest absolute Gasteiger partial charge is 0.215 e. The van der Waals surface area contributed by atoms with Crippen molar-refractivity contribution in [3.05, 3.63) is 35.4 Å². The number of hydrogen-bond acceptors (Lipinski definition) is 4. The van der Waals surface area contributed by atoms with Gasteiger partial charge in [-0.15, -0.1) is 0 Å². The molecule has 1 aromatic rings. The number of benzene rings is 1. The lowest BCUT2D eigenvalue weighted by atomic mass is 10.1. The highest BCUT2D eigenvalue weighted by atomic mass is 32.2. The second kappa shape index (κ2) is 6.46. The van der Waals surface area contributed by atoms with Crippen LogP contribution in [-0.4, -0.2) is 34.9 Å². The summed E-state index contributed by atoms with van der Waals surface area (Å²) in [6.45, 7) is 2.22. The van der Waals surface area contributed by atoms with Gasteiger partial charge in [-0.05, 0) is 31.2 Å². The van der Waals surface area contributed by atoms with E-state index in [1.54, 1.807) is 6.07 Å².